The number of hydrogen-bond acceptors (Lipinski definition) is 3. The summed E-state index contributed by atoms with van der Waals surface area (Å²) in [4.78, 5) is 37.8. The van der Waals surface area contributed by atoms with Gasteiger partial charge in [-0.1, -0.05) is 31.9 Å². The maximum absolute atomic E-state index is 13.1. The van der Waals surface area contributed by atoms with Gasteiger partial charge < -0.3 is 5.11 Å². The molecular weight excluding hydrogens is 352 g/mol. The van der Waals surface area contributed by atoms with E-state index in [0.717, 1.165) is 38.5 Å². The minimum absolute atomic E-state index is 0.127. The van der Waals surface area contributed by atoms with Crippen LogP contribution in [-0.4, -0.2) is 22.6 Å². The second-order valence-electron chi connectivity index (χ2n) is 10.2. The molecule has 3 fully saturated rings. The maximum Gasteiger partial charge on any atom is 0.306 e. The summed E-state index contributed by atoms with van der Waals surface area (Å²) in [5, 5.41) is 9.76. The predicted molar refractivity (Wildman–Crippen MR) is 104 cm³/mol. The van der Waals surface area contributed by atoms with E-state index >= 15 is 0 Å². The van der Waals surface area contributed by atoms with E-state index in [2.05, 4.69) is 19.9 Å². The van der Waals surface area contributed by atoms with Crippen LogP contribution in [0.25, 0.3) is 0 Å². The largest absolute Gasteiger partial charge is 0.481 e. The van der Waals surface area contributed by atoms with Crippen LogP contribution in [0.4, 0.5) is 0 Å². The Morgan fingerprint density at radius 2 is 1.86 bits per heavy atom. The lowest BCUT2D eigenvalue weighted by atomic mass is 9.38. The zero-order chi connectivity index (χ0) is 19.8. The van der Waals surface area contributed by atoms with Gasteiger partial charge in [-0.05, 0) is 73.8 Å². The molecule has 8 atom stereocenters. The highest BCUT2D eigenvalue weighted by atomic mass is 16.4. The number of hydrogen-bond donors (Lipinski definition) is 1. The van der Waals surface area contributed by atoms with Crippen molar-refractivity contribution in [2.24, 2.45) is 52.8 Å². The van der Waals surface area contributed by atoms with E-state index in [0.29, 0.717) is 17.8 Å². The van der Waals surface area contributed by atoms with Crippen molar-refractivity contribution < 1.29 is 19.5 Å². The smallest absolute Gasteiger partial charge is 0.306 e. The van der Waals surface area contributed by atoms with E-state index in [9.17, 15) is 19.5 Å². The first-order valence-electron chi connectivity index (χ1n) is 11.1. The van der Waals surface area contributed by atoms with Crippen LogP contribution in [-0.2, 0) is 14.4 Å². The maximum atomic E-state index is 13.1. The van der Waals surface area contributed by atoms with E-state index in [1.807, 2.05) is 0 Å². The summed E-state index contributed by atoms with van der Waals surface area (Å²) in [7, 11) is 0. The van der Waals surface area contributed by atoms with Gasteiger partial charge >= 0.3 is 5.97 Å². The van der Waals surface area contributed by atoms with Crippen LogP contribution in [0, 0.1) is 52.8 Å². The van der Waals surface area contributed by atoms with Crippen molar-refractivity contribution in [1.29, 1.82) is 0 Å². The van der Waals surface area contributed by atoms with Crippen molar-refractivity contribution in [3.8, 4) is 0 Å². The first-order valence-corrected chi connectivity index (χ1v) is 11.1. The molecule has 150 valence electrons. The zero-order valence-electron chi connectivity index (χ0n) is 16.8. The van der Waals surface area contributed by atoms with Crippen molar-refractivity contribution in [2.75, 3.05) is 0 Å². The lowest BCUT2D eigenvalue weighted by Gasteiger charge is -2.65. The third-order valence-electron chi connectivity index (χ3n) is 9.01. The van der Waals surface area contributed by atoms with Crippen molar-refractivity contribution >= 4 is 17.5 Å². The third kappa shape index (κ3) is 2.26. The molecule has 2 bridgehead atoms. The van der Waals surface area contributed by atoms with Gasteiger partial charge in [0.2, 0.25) is 0 Å². The summed E-state index contributed by atoms with van der Waals surface area (Å²) in [5.74, 6) is 0.482. The molecule has 28 heavy (non-hydrogen) atoms. The highest BCUT2D eigenvalue weighted by Crippen LogP contribution is 2.69. The van der Waals surface area contributed by atoms with Gasteiger partial charge in [-0.25, -0.2) is 0 Å². The van der Waals surface area contributed by atoms with Crippen molar-refractivity contribution in [3.05, 3.63) is 23.8 Å². The van der Waals surface area contributed by atoms with Crippen LogP contribution >= 0.6 is 0 Å². The molecule has 0 amide bonds. The Morgan fingerprint density at radius 1 is 1.11 bits per heavy atom. The average molecular weight is 383 g/mol. The number of carboxylic acid groups (broad SMARTS) is 1. The molecule has 0 aromatic heterocycles. The Kier molecular flexibility index (Phi) is 4.02. The predicted octanol–water partition coefficient (Wildman–Crippen LogP) is 4.06. The summed E-state index contributed by atoms with van der Waals surface area (Å²) >= 11 is 0. The minimum atomic E-state index is -0.644. The normalized spacial score (nSPS) is 46.7. The van der Waals surface area contributed by atoms with Crippen LogP contribution in [0.3, 0.4) is 0 Å². The summed E-state index contributed by atoms with van der Waals surface area (Å²) < 4.78 is 0. The van der Waals surface area contributed by atoms with E-state index in [1.54, 1.807) is 0 Å². The lowest BCUT2D eigenvalue weighted by Crippen LogP contribution is -2.62. The number of rotatable bonds is 2. The summed E-state index contributed by atoms with van der Waals surface area (Å²) in [6.07, 6.45) is 11.0. The van der Waals surface area contributed by atoms with Gasteiger partial charge in [0.15, 0.2) is 11.6 Å². The zero-order valence-corrected chi connectivity index (χ0v) is 16.8. The fourth-order valence-electron chi connectivity index (χ4n) is 8.10. The lowest BCUT2D eigenvalue weighted by molar-refractivity contribution is -0.164. The molecule has 4 heteroatoms. The molecule has 0 heterocycles. The fraction of sp³-hybridized carbons (Fsp3) is 0.708. The fourth-order valence-corrected chi connectivity index (χ4v) is 8.10. The molecule has 6 rings (SSSR count). The highest BCUT2D eigenvalue weighted by molar-refractivity contribution is 6.08. The number of fused-ring (bicyclic) bond motifs is 1. The number of carbonyl (C=O) groups excluding carboxylic acids is 2. The molecule has 4 nitrogen and oxygen atoms in total. The first-order chi connectivity index (χ1) is 13.3. The molecule has 0 aromatic rings. The molecule has 6 aliphatic rings. The van der Waals surface area contributed by atoms with E-state index in [4.69, 9.17) is 0 Å². The summed E-state index contributed by atoms with van der Waals surface area (Å²) in [6, 6.07) is 0. The Labute approximate surface area is 166 Å². The molecule has 1 spiro atoms. The van der Waals surface area contributed by atoms with Crippen LogP contribution in [0.1, 0.15) is 52.4 Å². The standard InChI is InChI=1S/C24H30O4/c1-12(2)17-11-24-9-8-13-14(4-3-5-15(13)23(27)28)18(24)10-16(17)21-19(25)6-7-20(26)22(21)24/h6-7,11-16,18,21-22H,3-5,8-10H2,1-2H3,(H,27,28)/t13-,14+,15-,16-,18-,21-,22-,24+/m1/s1. The molecule has 0 saturated heterocycles. The second kappa shape index (κ2) is 6.14. The van der Waals surface area contributed by atoms with Crippen molar-refractivity contribution in [2.45, 2.75) is 52.4 Å². The molecule has 0 unspecified atom stereocenters. The van der Waals surface area contributed by atoms with Gasteiger partial charge in [-0.3, -0.25) is 14.4 Å². The van der Waals surface area contributed by atoms with Crippen LogP contribution in [0.15, 0.2) is 23.8 Å². The summed E-state index contributed by atoms with van der Waals surface area (Å²) in [5.41, 5.74) is 1.14. The van der Waals surface area contributed by atoms with Gasteiger partial charge in [-0.2, -0.15) is 0 Å². The van der Waals surface area contributed by atoms with Crippen LogP contribution in [0.5, 0.6) is 0 Å². The highest BCUT2D eigenvalue weighted by Gasteiger charge is 2.66. The molecule has 1 N–H and O–H groups in total. The monoisotopic (exact) mass is 382 g/mol. The number of carboxylic acids is 1. The molecule has 6 aliphatic carbocycles. The molecule has 0 radical (unpaired) electrons. The van der Waals surface area contributed by atoms with Crippen molar-refractivity contribution in [3.63, 3.8) is 0 Å². The van der Waals surface area contributed by atoms with Gasteiger partial charge in [0, 0.05) is 17.3 Å². The Hall–Kier alpha value is -1.71. The van der Waals surface area contributed by atoms with E-state index in [1.165, 1.54) is 17.7 Å². The SMILES string of the molecule is CC(C)C1=C[C@@]23CC[C@@H]4[C@H](CCC[C@H]4C(=O)O)[C@H]2C[C@H]1[C@@H]1C(=O)C=CC(=O)[C@H]13. The summed E-state index contributed by atoms with van der Waals surface area (Å²) in [6.45, 7) is 4.40. The third-order valence-corrected chi connectivity index (χ3v) is 9.01. The minimum Gasteiger partial charge on any atom is -0.481 e. The first kappa shape index (κ1) is 18.3. The Morgan fingerprint density at radius 3 is 2.57 bits per heavy atom. The van der Waals surface area contributed by atoms with Gasteiger partial charge in [0.25, 0.3) is 0 Å². The van der Waals surface area contributed by atoms with Gasteiger partial charge in [0.05, 0.1) is 5.92 Å². The average Bonchev–Trinajstić information content (AvgIpc) is 2.68. The molecule has 0 aliphatic heterocycles. The van der Waals surface area contributed by atoms with Gasteiger partial charge in [0.1, 0.15) is 0 Å². The van der Waals surface area contributed by atoms with E-state index in [-0.39, 0.29) is 46.6 Å². The number of carbonyl (C=O) groups is 3. The Balaban J connectivity index is 1.62. The second-order valence-corrected chi connectivity index (χ2v) is 10.2. The number of aliphatic carboxylic acids is 1. The van der Waals surface area contributed by atoms with E-state index < -0.39 is 5.97 Å². The number of ketones is 2. The molecule has 0 aromatic carbocycles. The van der Waals surface area contributed by atoms with Crippen LogP contribution < -0.4 is 0 Å². The quantitative estimate of drug-likeness (QED) is 0.731. The molecular formula is C24H30O4. The van der Waals surface area contributed by atoms with Crippen LogP contribution in [0.2, 0.25) is 0 Å². The Bertz CT molecular complexity index is 805. The van der Waals surface area contributed by atoms with Gasteiger partial charge in [-0.15, -0.1) is 0 Å². The topological polar surface area (TPSA) is 71.4 Å². The molecule has 3 saturated carbocycles. The number of allylic oxidation sites excluding steroid dienone is 4. The van der Waals surface area contributed by atoms with Crippen molar-refractivity contribution in [1.82, 2.24) is 0 Å².